The quantitative estimate of drug-likeness (QED) is 0.581. The van der Waals surface area contributed by atoms with Crippen molar-refractivity contribution in [1.29, 1.82) is 0 Å². The molecule has 1 atom stereocenters. The third-order valence-corrected chi connectivity index (χ3v) is 4.18. The monoisotopic (exact) mass is 320 g/mol. The van der Waals surface area contributed by atoms with Gasteiger partial charge in [-0.05, 0) is 24.1 Å². The van der Waals surface area contributed by atoms with Gasteiger partial charge in [0.2, 0.25) is 0 Å². The van der Waals surface area contributed by atoms with E-state index in [0.29, 0.717) is 27.5 Å². The van der Waals surface area contributed by atoms with Gasteiger partial charge in [-0.25, -0.2) is 4.98 Å². The molecule has 1 unspecified atom stereocenters. The van der Waals surface area contributed by atoms with Crippen LogP contribution < -0.4 is 10.7 Å². The predicted octanol–water partition coefficient (Wildman–Crippen LogP) is 0.164. The van der Waals surface area contributed by atoms with Crippen molar-refractivity contribution in [2.75, 3.05) is 6.61 Å². The zero-order valence-electron chi connectivity index (χ0n) is 12.8. The van der Waals surface area contributed by atoms with E-state index in [9.17, 15) is 14.4 Å². The standard InChI is InChI=1S/C18H12N2O4/c1-2-24-18(23)14-12-9-5-3-4-6-10(9)15(21)11-7-8-19-16(13(11)12)20-17(14)22/h3-8,14H,2H2,1H3. The Balaban J connectivity index is 2.15. The van der Waals surface area contributed by atoms with Crippen molar-refractivity contribution in [1.82, 2.24) is 4.98 Å². The van der Waals surface area contributed by atoms with Crippen LogP contribution in [0.1, 0.15) is 28.4 Å². The van der Waals surface area contributed by atoms with Crippen LogP contribution in [0.3, 0.4) is 0 Å². The van der Waals surface area contributed by atoms with Crippen LogP contribution in [-0.4, -0.2) is 29.3 Å². The van der Waals surface area contributed by atoms with E-state index >= 15 is 0 Å². The first-order valence-corrected chi connectivity index (χ1v) is 7.56. The van der Waals surface area contributed by atoms with E-state index < -0.39 is 17.8 Å². The Morgan fingerprint density at radius 1 is 1.12 bits per heavy atom. The average Bonchev–Trinajstić information content (AvgIpc) is 2.59. The molecule has 1 aliphatic carbocycles. The third kappa shape index (κ3) is 1.86. The maximum Gasteiger partial charge on any atom is 0.323 e. The molecule has 1 amide bonds. The molecule has 0 fully saturated rings. The first-order chi connectivity index (χ1) is 11.6. The number of rotatable bonds is 2. The van der Waals surface area contributed by atoms with Crippen molar-refractivity contribution < 1.29 is 19.1 Å². The lowest BCUT2D eigenvalue weighted by Gasteiger charge is -2.25. The lowest BCUT2D eigenvalue weighted by atomic mass is 9.79. The molecule has 6 nitrogen and oxygen atoms in total. The fraction of sp³-hybridized carbons (Fsp3) is 0.167. The van der Waals surface area contributed by atoms with Gasteiger partial charge in [0, 0.05) is 22.5 Å². The molecule has 0 N–H and O–H groups in total. The molecule has 2 aliphatic rings. The number of amides is 1. The van der Waals surface area contributed by atoms with Gasteiger partial charge in [0.15, 0.2) is 17.2 Å². The van der Waals surface area contributed by atoms with Gasteiger partial charge >= 0.3 is 5.97 Å². The second-order valence-corrected chi connectivity index (χ2v) is 5.48. The van der Waals surface area contributed by atoms with E-state index in [1.807, 2.05) is 0 Å². The highest BCUT2D eigenvalue weighted by molar-refractivity contribution is 6.19. The zero-order valence-corrected chi connectivity index (χ0v) is 12.8. The Kier molecular flexibility index (Phi) is 3.13. The highest BCUT2D eigenvalue weighted by atomic mass is 16.5. The van der Waals surface area contributed by atoms with Gasteiger partial charge in [-0.3, -0.25) is 14.4 Å². The van der Waals surface area contributed by atoms with Crippen molar-refractivity contribution in [2.24, 2.45) is 10.9 Å². The minimum Gasteiger partial charge on any atom is -0.465 e. The fourth-order valence-electron chi connectivity index (χ4n) is 3.22. The Morgan fingerprint density at radius 2 is 1.88 bits per heavy atom. The minimum absolute atomic E-state index is 0.156. The van der Waals surface area contributed by atoms with E-state index in [0.717, 1.165) is 0 Å². The lowest BCUT2D eigenvalue weighted by molar-refractivity contribution is -0.148. The molecule has 0 spiro atoms. The van der Waals surface area contributed by atoms with Crippen LogP contribution in [0.4, 0.5) is 0 Å². The molecule has 4 rings (SSSR count). The molecule has 2 heterocycles. The van der Waals surface area contributed by atoms with E-state index in [4.69, 9.17) is 4.74 Å². The summed E-state index contributed by atoms with van der Waals surface area (Å²) in [4.78, 5) is 45.6. The van der Waals surface area contributed by atoms with Crippen LogP contribution in [0.5, 0.6) is 0 Å². The van der Waals surface area contributed by atoms with Gasteiger partial charge in [0.1, 0.15) is 0 Å². The van der Waals surface area contributed by atoms with Crippen LogP contribution in [-0.2, 0) is 14.3 Å². The summed E-state index contributed by atoms with van der Waals surface area (Å²) in [5.74, 6) is -2.62. The molecular weight excluding hydrogens is 308 g/mol. The number of esters is 1. The molecule has 2 aromatic rings. The number of carbonyl (C=O) groups is 3. The van der Waals surface area contributed by atoms with Crippen molar-refractivity contribution in [3.05, 3.63) is 63.9 Å². The van der Waals surface area contributed by atoms with Gasteiger partial charge in [0.05, 0.1) is 6.61 Å². The van der Waals surface area contributed by atoms with E-state index in [2.05, 4.69) is 9.98 Å². The fourth-order valence-corrected chi connectivity index (χ4v) is 3.22. The number of nitrogens with zero attached hydrogens (tertiary/aromatic N) is 2. The lowest BCUT2D eigenvalue weighted by Crippen LogP contribution is -2.47. The Bertz CT molecular complexity index is 1040. The molecule has 0 radical (unpaired) electrons. The molecule has 0 saturated heterocycles. The Morgan fingerprint density at radius 3 is 2.62 bits per heavy atom. The van der Waals surface area contributed by atoms with Crippen LogP contribution in [0, 0.1) is 5.92 Å². The second kappa shape index (κ2) is 5.19. The second-order valence-electron chi connectivity index (χ2n) is 5.48. The zero-order chi connectivity index (χ0) is 16.8. The summed E-state index contributed by atoms with van der Waals surface area (Å²) in [6.07, 6.45) is 1.44. The van der Waals surface area contributed by atoms with Crippen molar-refractivity contribution in [3.8, 4) is 0 Å². The highest BCUT2D eigenvalue weighted by Gasteiger charge is 2.40. The van der Waals surface area contributed by atoms with E-state index in [1.54, 1.807) is 37.3 Å². The summed E-state index contributed by atoms with van der Waals surface area (Å²) in [6, 6.07) is 8.52. The summed E-state index contributed by atoms with van der Waals surface area (Å²) in [5, 5.41) is 0.457. The van der Waals surface area contributed by atoms with Crippen LogP contribution in [0.15, 0.2) is 41.5 Å². The van der Waals surface area contributed by atoms with Crippen LogP contribution in [0.25, 0.3) is 5.57 Å². The molecule has 1 aromatic heterocycles. The van der Waals surface area contributed by atoms with Crippen molar-refractivity contribution in [3.63, 3.8) is 0 Å². The predicted molar refractivity (Wildman–Crippen MR) is 82.5 cm³/mol. The highest BCUT2D eigenvalue weighted by Crippen LogP contribution is 2.31. The van der Waals surface area contributed by atoms with Crippen LogP contribution in [0.2, 0.25) is 0 Å². The SMILES string of the molecule is CCOC(=O)C1C(=O)N=c2nccc3c2=C1c1ccccc1C3=O. The molecule has 0 saturated carbocycles. The maximum atomic E-state index is 12.7. The molecule has 1 aliphatic heterocycles. The summed E-state index contributed by atoms with van der Waals surface area (Å²) >= 11 is 0. The molecule has 24 heavy (non-hydrogen) atoms. The van der Waals surface area contributed by atoms with Gasteiger partial charge in [0.25, 0.3) is 5.91 Å². The summed E-state index contributed by atoms with van der Waals surface area (Å²) < 4.78 is 5.06. The number of hydrogen-bond acceptors (Lipinski definition) is 5. The number of hydrogen-bond donors (Lipinski definition) is 0. The first kappa shape index (κ1) is 14.4. The van der Waals surface area contributed by atoms with Crippen molar-refractivity contribution >= 4 is 23.2 Å². The smallest absolute Gasteiger partial charge is 0.323 e. The molecular formula is C18H12N2O4. The Hall–Kier alpha value is -3.15. The maximum absolute atomic E-state index is 12.7. The normalized spacial score (nSPS) is 17.7. The number of aromatic nitrogens is 1. The number of pyridine rings is 1. The topological polar surface area (TPSA) is 85.7 Å². The Labute approximate surface area is 136 Å². The number of ether oxygens (including phenoxy) is 1. The van der Waals surface area contributed by atoms with Gasteiger partial charge in [-0.2, -0.15) is 4.99 Å². The average molecular weight is 320 g/mol. The number of carbonyl (C=O) groups excluding carboxylic acids is 3. The van der Waals surface area contributed by atoms with Crippen molar-refractivity contribution in [2.45, 2.75) is 6.92 Å². The molecule has 0 bridgehead atoms. The largest absolute Gasteiger partial charge is 0.465 e. The third-order valence-electron chi connectivity index (χ3n) is 4.18. The number of benzene rings is 1. The molecule has 1 aromatic carbocycles. The van der Waals surface area contributed by atoms with Crippen LogP contribution >= 0.6 is 0 Å². The summed E-state index contributed by atoms with van der Waals surface area (Å²) in [5.41, 5.74) is 2.06. The molecule has 118 valence electrons. The van der Waals surface area contributed by atoms with Gasteiger partial charge in [-0.15, -0.1) is 0 Å². The summed E-state index contributed by atoms with van der Waals surface area (Å²) in [6.45, 7) is 1.83. The van der Waals surface area contributed by atoms with Gasteiger partial charge in [-0.1, -0.05) is 24.3 Å². The number of ketones is 1. The minimum atomic E-state index is -1.17. The number of fused-ring (bicyclic) bond motifs is 2. The van der Waals surface area contributed by atoms with Gasteiger partial charge < -0.3 is 4.74 Å². The van der Waals surface area contributed by atoms with E-state index in [-0.39, 0.29) is 17.9 Å². The molecule has 6 heteroatoms. The summed E-state index contributed by atoms with van der Waals surface area (Å²) in [7, 11) is 0. The first-order valence-electron chi connectivity index (χ1n) is 7.56. The van der Waals surface area contributed by atoms with E-state index in [1.165, 1.54) is 6.20 Å².